The smallest absolute Gasteiger partial charge is 0.277 e. The maximum Gasteiger partial charge on any atom is 0.277 e. The van der Waals surface area contributed by atoms with Crippen LogP contribution >= 0.6 is 27.5 Å². The van der Waals surface area contributed by atoms with Gasteiger partial charge in [0.1, 0.15) is 5.75 Å². The van der Waals surface area contributed by atoms with E-state index in [-0.39, 0.29) is 12.5 Å². The van der Waals surface area contributed by atoms with Crippen molar-refractivity contribution in [3.8, 4) is 5.75 Å². The molecule has 21 heavy (non-hydrogen) atoms. The molecule has 0 atom stereocenters. The third kappa shape index (κ3) is 5.21. The molecule has 0 fully saturated rings. The van der Waals surface area contributed by atoms with Gasteiger partial charge >= 0.3 is 0 Å². The molecule has 0 aliphatic carbocycles. The highest BCUT2D eigenvalue weighted by Crippen LogP contribution is 2.22. The minimum absolute atomic E-state index is 0.153. The van der Waals surface area contributed by atoms with Gasteiger partial charge in [-0.15, -0.1) is 0 Å². The fraction of sp³-hybridized carbons (Fsp3) is 0.0667. The second-order valence-corrected chi connectivity index (χ2v) is 5.39. The number of carbonyl (C=O) groups is 1. The average Bonchev–Trinajstić information content (AvgIpc) is 2.46. The van der Waals surface area contributed by atoms with Crippen LogP contribution < -0.4 is 10.2 Å². The van der Waals surface area contributed by atoms with Gasteiger partial charge in [0.25, 0.3) is 5.91 Å². The van der Waals surface area contributed by atoms with Crippen LogP contribution in [0.5, 0.6) is 5.75 Å². The Labute approximate surface area is 135 Å². The summed E-state index contributed by atoms with van der Waals surface area (Å²) in [7, 11) is 0. The average molecular weight is 368 g/mol. The van der Waals surface area contributed by atoms with E-state index in [1.807, 2.05) is 24.3 Å². The van der Waals surface area contributed by atoms with Gasteiger partial charge in [-0.05, 0) is 29.8 Å². The van der Waals surface area contributed by atoms with E-state index in [1.165, 1.54) is 0 Å². The molecule has 2 rings (SSSR count). The molecule has 2 aromatic carbocycles. The van der Waals surface area contributed by atoms with E-state index < -0.39 is 0 Å². The normalized spacial score (nSPS) is 10.6. The van der Waals surface area contributed by atoms with Crippen LogP contribution in [0.2, 0.25) is 5.02 Å². The van der Waals surface area contributed by atoms with Gasteiger partial charge < -0.3 is 4.74 Å². The Balaban J connectivity index is 1.81. The molecule has 4 nitrogen and oxygen atoms in total. The van der Waals surface area contributed by atoms with E-state index in [9.17, 15) is 4.79 Å². The lowest BCUT2D eigenvalue weighted by Crippen LogP contribution is -2.24. The zero-order chi connectivity index (χ0) is 15.1. The van der Waals surface area contributed by atoms with Crippen molar-refractivity contribution >= 4 is 39.7 Å². The summed E-state index contributed by atoms with van der Waals surface area (Å²) in [5.74, 6) is 0.103. The number of para-hydroxylation sites is 1. The van der Waals surface area contributed by atoms with Crippen LogP contribution in [-0.4, -0.2) is 18.7 Å². The molecule has 1 amide bonds. The van der Waals surface area contributed by atoms with Gasteiger partial charge in [-0.3, -0.25) is 4.79 Å². The van der Waals surface area contributed by atoms with E-state index in [0.717, 1.165) is 10.0 Å². The third-order valence-corrected chi connectivity index (χ3v) is 3.25. The summed E-state index contributed by atoms with van der Waals surface area (Å²) >= 11 is 9.28. The molecule has 0 aliphatic heterocycles. The Kier molecular flexibility index (Phi) is 5.78. The molecule has 0 aliphatic rings. The Morgan fingerprint density at radius 1 is 1.29 bits per heavy atom. The summed E-state index contributed by atoms with van der Waals surface area (Å²) in [4.78, 5) is 11.6. The largest absolute Gasteiger partial charge is 0.482 e. The maximum atomic E-state index is 11.6. The molecule has 0 spiro atoms. The van der Waals surface area contributed by atoms with Gasteiger partial charge in [-0.2, -0.15) is 5.10 Å². The summed E-state index contributed by atoms with van der Waals surface area (Å²) in [6.45, 7) is -0.153. The molecule has 1 N–H and O–H groups in total. The van der Waals surface area contributed by atoms with Crippen LogP contribution in [0.4, 0.5) is 0 Å². The molecule has 108 valence electrons. The number of hydrazone groups is 1. The molecule has 0 saturated heterocycles. The molecule has 0 saturated carbocycles. The van der Waals surface area contributed by atoms with Crippen LogP contribution in [-0.2, 0) is 4.79 Å². The first kappa shape index (κ1) is 15.5. The standard InChI is InChI=1S/C15H12BrClN2O2/c16-12-5-3-4-11(8-12)9-18-19-15(20)10-21-14-7-2-1-6-13(14)17/h1-9H,10H2,(H,19,20)/b18-9+. The van der Waals surface area contributed by atoms with Gasteiger partial charge in [-0.25, -0.2) is 5.43 Å². The second-order valence-electron chi connectivity index (χ2n) is 4.07. The van der Waals surface area contributed by atoms with Crippen LogP contribution in [0, 0.1) is 0 Å². The number of nitrogens with one attached hydrogen (secondary N) is 1. The van der Waals surface area contributed by atoms with Crippen LogP contribution in [0.15, 0.2) is 58.1 Å². The Morgan fingerprint density at radius 3 is 2.86 bits per heavy atom. The fourth-order valence-corrected chi connectivity index (χ4v) is 2.11. The molecule has 2 aromatic rings. The number of halogens is 2. The van der Waals surface area contributed by atoms with Crippen molar-refractivity contribution in [1.82, 2.24) is 5.43 Å². The molecular formula is C15H12BrClN2O2. The number of hydrogen-bond donors (Lipinski definition) is 1. The van der Waals surface area contributed by atoms with Crippen molar-refractivity contribution in [2.75, 3.05) is 6.61 Å². The summed E-state index contributed by atoms with van der Waals surface area (Å²) in [5, 5.41) is 4.32. The first-order valence-electron chi connectivity index (χ1n) is 6.10. The molecule has 0 bridgehead atoms. The minimum Gasteiger partial charge on any atom is -0.482 e. The lowest BCUT2D eigenvalue weighted by Gasteiger charge is -2.06. The maximum absolute atomic E-state index is 11.6. The summed E-state index contributed by atoms with van der Waals surface area (Å²) in [6, 6.07) is 14.5. The number of benzene rings is 2. The van der Waals surface area contributed by atoms with Crippen LogP contribution in [0.1, 0.15) is 5.56 Å². The number of carbonyl (C=O) groups excluding carboxylic acids is 1. The Bertz CT molecular complexity index is 662. The van der Waals surface area contributed by atoms with Crippen LogP contribution in [0.25, 0.3) is 0 Å². The van der Waals surface area contributed by atoms with Crippen molar-refractivity contribution in [2.45, 2.75) is 0 Å². The molecule has 0 aromatic heterocycles. The van der Waals surface area contributed by atoms with Gasteiger partial charge in [0.2, 0.25) is 0 Å². The highest BCUT2D eigenvalue weighted by atomic mass is 79.9. The number of hydrogen-bond acceptors (Lipinski definition) is 3. The quantitative estimate of drug-likeness (QED) is 0.648. The minimum atomic E-state index is -0.360. The third-order valence-electron chi connectivity index (χ3n) is 2.45. The van der Waals surface area contributed by atoms with Crippen molar-refractivity contribution in [2.24, 2.45) is 5.10 Å². The highest BCUT2D eigenvalue weighted by molar-refractivity contribution is 9.10. The SMILES string of the molecule is O=C(COc1ccccc1Cl)N/N=C/c1cccc(Br)c1. The first-order chi connectivity index (χ1) is 10.1. The van der Waals surface area contributed by atoms with Crippen molar-refractivity contribution < 1.29 is 9.53 Å². The number of amides is 1. The zero-order valence-corrected chi connectivity index (χ0v) is 13.3. The van der Waals surface area contributed by atoms with Crippen molar-refractivity contribution in [1.29, 1.82) is 0 Å². The van der Waals surface area contributed by atoms with E-state index in [1.54, 1.807) is 30.5 Å². The van der Waals surface area contributed by atoms with Gasteiger partial charge in [0.15, 0.2) is 6.61 Å². The topological polar surface area (TPSA) is 50.7 Å². The highest BCUT2D eigenvalue weighted by Gasteiger charge is 2.04. The molecular weight excluding hydrogens is 356 g/mol. The fourth-order valence-electron chi connectivity index (χ4n) is 1.50. The van der Waals surface area contributed by atoms with Gasteiger partial charge in [-0.1, -0.05) is 51.8 Å². The van der Waals surface area contributed by atoms with Crippen molar-refractivity contribution in [3.05, 3.63) is 63.6 Å². The molecule has 0 heterocycles. The zero-order valence-electron chi connectivity index (χ0n) is 10.9. The van der Waals surface area contributed by atoms with Gasteiger partial charge in [0.05, 0.1) is 11.2 Å². The van der Waals surface area contributed by atoms with Crippen LogP contribution in [0.3, 0.4) is 0 Å². The molecule has 6 heteroatoms. The molecule has 0 unspecified atom stereocenters. The van der Waals surface area contributed by atoms with E-state index >= 15 is 0 Å². The summed E-state index contributed by atoms with van der Waals surface area (Å²) < 4.78 is 6.24. The van der Waals surface area contributed by atoms with E-state index in [4.69, 9.17) is 16.3 Å². The van der Waals surface area contributed by atoms with Gasteiger partial charge in [0, 0.05) is 4.47 Å². The Morgan fingerprint density at radius 2 is 2.10 bits per heavy atom. The Hall–Kier alpha value is -1.85. The summed E-state index contributed by atoms with van der Waals surface area (Å²) in [6.07, 6.45) is 1.55. The number of rotatable bonds is 5. The van der Waals surface area contributed by atoms with E-state index in [0.29, 0.717) is 10.8 Å². The van der Waals surface area contributed by atoms with E-state index in [2.05, 4.69) is 26.5 Å². The lowest BCUT2D eigenvalue weighted by molar-refractivity contribution is -0.123. The summed E-state index contributed by atoms with van der Waals surface area (Å²) in [5.41, 5.74) is 3.26. The predicted molar refractivity (Wildman–Crippen MR) is 86.8 cm³/mol. The predicted octanol–water partition coefficient (Wildman–Crippen LogP) is 3.63. The second kappa shape index (κ2) is 7.81. The first-order valence-corrected chi connectivity index (χ1v) is 7.27. The lowest BCUT2D eigenvalue weighted by atomic mass is 10.2. The number of nitrogens with zero attached hydrogens (tertiary/aromatic N) is 1. The number of ether oxygens (including phenoxy) is 1. The van der Waals surface area contributed by atoms with Crippen molar-refractivity contribution in [3.63, 3.8) is 0 Å². The monoisotopic (exact) mass is 366 g/mol. The molecule has 0 radical (unpaired) electrons.